The zero-order chi connectivity index (χ0) is 24.9. The molecular weight excluding hydrogens is 416 g/mol. The Hall–Kier alpha value is -3.92. The molecule has 176 valence electrons. The van der Waals surface area contributed by atoms with Crippen LogP contribution in [0.2, 0.25) is 0 Å². The van der Waals surface area contributed by atoms with E-state index in [4.69, 9.17) is 22.9 Å². The zero-order valence-corrected chi connectivity index (χ0v) is 20.5. The molecule has 34 heavy (non-hydrogen) atoms. The summed E-state index contributed by atoms with van der Waals surface area (Å²) in [7, 11) is 0. The first-order valence-corrected chi connectivity index (χ1v) is 11.4. The second kappa shape index (κ2) is 9.92. The number of nitrogens with two attached hydrogens (primary N) is 4. The highest BCUT2D eigenvalue weighted by Crippen LogP contribution is 2.33. The molecule has 0 aliphatic carbocycles. The summed E-state index contributed by atoms with van der Waals surface area (Å²) in [6.45, 7) is 8.79. The van der Waals surface area contributed by atoms with Gasteiger partial charge in [-0.05, 0) is 70.8 Å². The minimum atomic E-state index is -0.0403. The lowest BCUT2D eigenvalue weighted by molar-refractivity contribution is 0.641. The monoisotopic (exact) mass is 452 g/mol. The molecule has 0 unspecified atom stereocenters. The standard InChI is InChI=1S/2C15H18N2/c2*1-15(2,11-3-7-13(16)8-4-11)12-5-9-14(17)10-6-12/h2*3-10H,16-17H2,1-2H3. The third kappa shape index (κ3) is 5.70. The predicted octanol–water partition coefficient (Wildman–Crippen LogP) is 6.35. The van der Waals surface area contributed by atoms with Gasteiger partial charge in [0, 0.05) is 33.6 Å². The van der Waals surface area contributed by atoms with Crippen LogP contribution in [0.5, 0.6) is 0 Å². The van der Waals surface area contributed by atoms with Gasteiger partial charge < -0.3 is 22.9 Å². The van der Waals surface area contributed by atoms with E-state index in [1.54, 1.807) is 0 Å². The molecular formula is C30H36N4. The van der Waals surface area contributed by atoms with E-state index in [0.717, 1.165) is 22.7 Å². The highest BCUT2D eigenvalue weighted by molar-refractivity contribution is 5.49. The lowest BCUT2D eigenvalue weighted by atomic mass is 9.78. The highest BCUT2D eigenvalue weighted by Gasteiger charge is 2.23. The van der Waals surface area contributed by atoms with Gasteiger partial charge in [-0.15, -0.1) is 0 Å². The van der Waals surface area contributed by atoms with Crippen molar-refractivity contribution in [2.75, 3.05) is 22.9 Å². The van der Waals surface area contributed by atoms with E-state index in [-0.39, 0.29) is 10.8 Å². The predicted molar refractivity (Wildman–Crippen MR) is 148 cm³/mol. The molecule has 0 fully saturated rings. The first-order valence-electron chi connectivity index (χ1n) is 11.4. The fourth-order valence-corrected chi connectivity index (χ4v) is 3.93. The Labute approximate surface area is 203 Å². The number of benzene rings is 4. The van der Waals surface area contributed by atoms with Crippen LogP contribution in [0.3, 0.4) is 0 Å². The van der Waals surface area contributed by atoms with E-state index < -0.39 is 0 Å². The smallest absolute Gasteiger partial charge is 0.0314 e. The average Bonchev–Trinajstić information content (AvgIpc) is 2.81. The van der Waals surface area contributed by atoms with Crippen molar-refractivity contribution in [2.45, 2.75) is 38.5 Å². The van der Waals surface area contributed by atoms with Crippen LogP contribution in [0.4, 0.5) is 22.7 Å². The Morgan fingerprint density at radius 3 is 0.618 bits per heavy atom. The van der Waals surface area contributed by atoms with Crippen LogP contribution in [0, 0.1) is 0 Å². The van der Waals surface area contributed by atoms with Crippen LogP contribution in [-0.4, -0.2) is 0 Å². The van der Waals surface area contributed by atoms with Crippen LogP contribution in [0.25, 0.3) is 0 Å². The average molecular weight is 453 g/mol. The summed E-state index contributed by atoms with van der Waals surface area (Å²) in [5, 5.41) is 0. The highest BCUT2D eigenvalue weighted by atomic mass is 14.6. The van der Waals surface area contributed by atoms with Crippen LogP contribution >= 0.6 is 0 Å². The lowest BCUT2D eigenvalue weighted by Gasteiger charge is -2.26. The maximum atomic E-state index is 5.71. The second-order valence-corrected chi connectivity index (χ2v) is 9.74. The van der Waals surface area contributed by atoms with E-state index in [1.165, 1.54) is 22.3 Å². The molecule has 0 aromatic heterocycles. The molecule has 0 amide bonds. The molecule has 0 bridgehead atoms. The van der Waals surface area contributed by atoms with Crippen LogP contribution in [0.1, 0.15) is 49.9 Å². The van der Waals surface area contributed by atoms with Crippen molar-refractivity contribution in [1.82, 2.24) is 0 Å². The summed E-state index contributed by atoms with van der Waals surface area (Å²) < 4.78 is 0. The number of nitrogen functional groups attached to an aromatic ring is 4. The van der Waals surface area contributed by atoms with E-state index in [0.29, 0.717) is 0 Å². The van der Waals surface area contributed by atoms with Crippen molar-refractivity contribution in [3.05, 3.63) is 119 Å². The molecule has 0 spiro atoms. The summed E-state index contributed by atoms with van der Waals surface area (Å²) >= 11 is 0. The summed E-state index contributed by atoms with van der Waals surface area (Å²) in [6.07, 6.45) is 0. The maximum absolute atomic E-state index is 5.71. The maximum Gasteiger partial charge on any atom is 0.0314 e. The zero-order valence-electron chi connectivity index (χ0n) is 20.5. The Bertz CT molecular complexity index is 995. The molecule has 0 radical (unpaired) electrons. The van der Waals surface area contributed by atoms with E-state index in [9.17, 15) is 0 Å². The van der Waals surface area contributed by atoms with Gasteiger partial charge in [-0.25, -0.2) is 0 Å². The van der Waals surface area contributed by atoms with E-state index >= 15 is 0 Å². The molecule has 4 rings (SSSR count). The first-order chi connectivity index (χ1) is 16.0. The van der Waals surface area contributed by atoms with Crippen molar-refractivity contribution in [1.29, 1.82) is 0 Å². The van der Waals surface area contributed by atoms with Gasteiger partial charge in [0.1, 0.15) is 0 Å². The second-order valence-electron chi connectivity index (χ2n) is 9.74. The summed E-state index contributed by atoms with van der Waals surface area (Å²) in [6, 6.07) is 32.1. The van der Waals surface area contributed by atoms with Crippen molar-refractivity contribution in [3.8, 4) is 0 Å². The molecule has 0 atom stereocenters. The molecule has 4 nitrogen and oxygen atoms in total. The molecule has 0 heterocycles. The number of anilines is 4. The van der Waals surface area contributed by atoms with Gasteiger partial charge in [0.05, 0.1) is 0 Å². The minimum absolute atomic E-state index is 0.0403. The first kappa shape index (κ1) is 24.7. The summed E-state index contributed by atoms with van der Waals surface area (Å²) in [5.74, 6) is 0. The molecule has 4 aromatic carbocycles. The Balaban J connectivity index is 0.000000191. The molecule has 8 N–H and O–H groups in total. The SMILES string of the molecule is CC(C)(c1ccc(N)cc1)c1ccc(N)cc1.CC(C)(c1ccc(N)cc1)c1ccc(N)cc1. The van der Waals surface area contributed by atoms with Gasteiger partial charge in [0.15, 0.2) is 0 Å². The number of hydrogen-bond donors (Lipinski definition) is 4. The Kier molecular flexibility index (Phi) is 7.21. The normalized spacial score (nSPS) is 11.4. The Morgan fingerprint density at radius 1 is 0.324 bits per heavy atom. The fraction of sp³-hybridized carbons (Fsp3) is 0.200. The minimum Gasteiger partial charge on any atom is -0.399 e. The molecule has 0 aliphatic rings. The molecule has 4 aromatic rings. The lowest BCUT2D eigenvalue weighted by Crippen LogP contribution is -2.18. The van der Waals surface area contributed by atoms with Crippen LogP contribution in [0.15, 0.2) is 97.1 Å². The van der Waals surface area contributed by atoms with Gasteiger partial charge in [-0.2, -0.15) is 0 Å². The van der Waals surface area contributed by atoms with Gasteiger partial charge in [0.2, 0.25) is 0 Å². The third-order valence-electron chi connectivity index (χ3n) is 6.53. The van der Waals surface area contributed by atoms with Crippen molar-refractivity contribution in [2.24, 2.45) is 0 Å². The third-order valence-corrected chi connectivity index (χ3v) is 6.53. The van der Waals surface area contributed by atoms with Crippen molar-refractivity contribution in [3.63, 3.8) is 0 Å². The molecule has 0 saturated carbocycles. The molecule has 4 heteroatoms. The summed E-state index contributed by atoms with van der Waals surface area (Å²) in [5.41, 5.74) is 30.9. The topological polar surface area (TPSA) is 104 Å². The van der Waals surface area contributed by atoms with Crippen LogP contribution in [-0.2, 0) is 10.8 Å². The molecule has 0 aliphatic heterocycles. The van der Waals surface area contributed by atoms with Crippen molar-refractivity contribution < 1.29 is 0 Å². The van der Waals surface area contributed by atoms with Gasteiger partial charge >= 0.3 is 0 Å². The number of hydrogen-bond acceptors (Lipinski definition) is 4. The van der Waals surface area contributed by atoms with E-state index in [2.05, 4.69) is 76.2 Å². The van der Waals surface area contributed by atoms with E-state index in [1.807, 2.05) is 48.5 Å². The number of rotatable bonds is 4. The van der Waals surface area contributed by atoms with Crippen LogP contribution < -0.4 is 22.9 Å². The van der Waals surface area contributed by atoms with Crippen molar-refractivity contribution >= 4 is 22.7 Å². The van der Waals surface area contributed by atoms with Gasteiger partial charge in [-0.3, -0.25) is 0 Å². The largest absolute Gasteiger partial charge is 0.399 e. The summed E-state index contributed by atoms with van der Waals surface area (Å²) in [4.78, 5) is 0. The molecule has 0 saturated heterocycles. The van der Waals surface area contributed by atoms with Gasteiger partial charge in [0.25, 0.3) is 0 Å². The fourth-order valence-electron chi connectivity index (χ4n) is 3.93. The Morgan fingerprint density at radius 2 is 0.471 bits per heavy atom. The quantitative estimate of drug-likeness (QED) is 0.271. The van der Waals surface area contributed by atoms with Gasteiger partial charge in [-0.1, -0.05) is 76.2 Å².